The summed E-state index contributed by atoms with van der Waals surface area (Å²) in [7, 11) is 1.82. The number of nitrogen functional groups attached to an aromatic ring is 1. The molecule has 0 aliphatic carbocycles. The first-order valence-electron chi connectivity index (χ1n) is 5.82. The summed E-state index contributed by atoms with van der Waals surface area (Å²) in [4.78, 5) is 8.33. The largest absolute Gasteiger partial charge is 0.438 e. The predicted octanol–water partition coefficient (Wildman–Crippen LogP) is 2.05. The zero-order valence-electron chi connectivity index (χ0n) is 10.7. The first-order chi connectivity index (χ1) is 9.16. The van der Waals surface area contributed by atoms with Gasteiger partial charge < -0.3 is 10.5 Å². The van der Waals surface area contributed by atoms with Crippen LogP contribution in [0.4, 0.5) is 5.69 Å². The number of fused-ring (bicyclic) bond motifs is 1. The molecule has 0 unspecified atom stereocenters. The standard InChI is InChI=1S/C13H13N5O/c1-8-10(14)4-3-5-11(8)19-13-9-6-17-18(2)12(9)15-7-16-13/h3-7H,14H2,1-2H3. The van der Waals surface area contributed by atoms with Gasteiger partial charge in [0.05, 0.1) is 6.20 Å². The van der Waals surface area contributed by atoms with Crippen LogP contribution in [-0.4, -0.2) is 19.7 Å². The fourth-order valence-electron chi connectivity index (χ4n) is 1.87. The maximum atomic E-state index is 5.86. The Balaban J connectivity index is 2.08. The minimum absolute atomic E-state index is 0.479. The van der Waals surface area contributed by atoms with Crippen LogP contribution in [0.3, 0.4) is 0 Å². The molecule has 0 radical (unpaired) electrons. The first-order valence-corrected chi connectivity index (χ1v) is 5.82. The minimum Gasteiger partial charge on any atom is -0.438 e. The van der Waals surface area contributed by atoms with E-state index in [-0.39, 0.29) is 0 Å². The van der Waals surface area contributed by atoms with Gasteiger partial charge in [-0.3, -0.25) is 4.68 Å². The topological polar surface area (TPSA) is 78.8 Å². The van der Waals surface area contributed by atoms with Crippen molar-refractivity contribution in [1.29, 1.82) is 0 Å². The Hall–Kier alpha value is -2.63. The van der Waals surface area contributed by atoms with E-state index in [1.54, 1.807) is 10.9 Å². The third-order valence-corrected chi connectivity index (χ3v) is 3.03. The Bertz CT molecular complexity index is 750. The van der Waals surface area contributed by atoms with E-state index in [2.05, 4.69) is 15.1 Å². The first kappa shape index (κ1) is 11.5. The fraction of sp³-hybridized carbons (Fsp3) is 0.154. The van der Waals surface area contributed by atoms with E-state index in [9.17, 15) is 0 Å². The number of aryl methyl sites for hydroxylation is 1. The molecule has 3 rings (SSSR count). The van der Waals surface area contributed by atoms with Crippen molar-refractivity contribution in [3.05, 3.63) is 36.3 Å². The molecule has 1 aromatic carbocycles. The van der Waals surface area contributed by atoms with Crippen molar-refractivity contribution in [2.24, 2.45) is 7.05 Å². The highest BCUT2D eigenvalue weighted by molar-refractivity contribution is 5.80. The number of nitrogens with two attached hydrogens (primary N) is 1. The van der Waals surface area contributed by atoms with Gasteiger partial charge in [-0.2, -0.15) is 5.10 Å². The van der Waals surface area contributed by atoms with E-state index in [1.807, 2.05) is 32.2 Å². The highest BCUT2D eigenvalue weighted by Crippen LogP contribution is 2.30. The van der Waals surface area contributed by atoms with Crippen LogP contribution in [0.2, 0.25) is 0 Å². The van der Waals surface area contributed by atoms with Crippen molar-refractivity contribution in [3.63, 3.8) is 0 Å². The molecule has 6 heteroatoms. The van der Waals surface area contributed by atoms with Crippen LogP contribution in [0.1, 0.15) is 5.56 Å². The lowest BCUT2D eigenvalue weighted by molar-refractivity contribution is 0.465. The van der Waals surface area contributed by atoms with Crippen LogP contribution in [0.15, 0.2) is 30.7 Å². The molecule has 3 aromatic rings. The lowest BCUT2D eigenvalue weighted by Gasteiger charge is -2.09. The molecule has 0 fully saturated rings. The van der Waals surface area contributed by atoms with Crippen molar-refractivity contribution in [1.82, 2.24) is 19.7 Å². The molecular weight excluding hydrogens is 242 g/mol. The Kier molecular flexibility index (Phi) is 2.56. The highest BCUT2D eigenvalue weighted by atomic mass is 16.5. The molecule has 2 heterocycles. The van der Waals surface area contributed by atoms with Gasteiger partial charge in [-0.1, -0.05) is 6.07 Å². The van der Waals surface area contributed by atoms with Crippen molar-refractivity contribution in [2.75, 3.05) is 5.73 Å². The molecule has 96 valence electrons. The molecule has 2 aromatic heterocycles. The zero-order chi connectivity index (χ0) is 13.4. The van der Waals surface area contributed by atoms with Gasteiger partial charge in [0.25, 0.3) is 0 Å². The number of benzene rings is 1. The Morgan fingerprint density at radius 1 is 1.26 bits per heavy atom. The monoisotopic (exact) mass is 255 g/mol. The van der Waals surface area contributed by atoms with Gasteiger partial charge in [0, 0.05) is 18.3 Å². The van der Waals surface area contributed by atoms with Gasteiger partial charge in [0.1, 0.15) is 17.5 Å². The van der Waals surface area contributed by atoms with Crippen LogP contribution < -0.4 is 10.5 Å². The van der Waals surface area contributed by atoms with Crippen LogP contribution in [0, 0.1) is 6.92 Å². The third-order valence-electron chi connectivity index (χ3n) is 3.03. The second-order valence-electron chi connectivity index (χ2n) is 4.26. The molecule has 0 atom stereocenters. The lowest BCUT2D eigenvalue weighted by atomic mass is 10.2. The van der Waals surface area contributed by atoms with Gasteiger partial charge in [-0.25, -0.2) is 9.97 Å². The molecule has 0 bridgehead atoms. The smallest absolute Gasteiger partial charge is 0.233 e. The van der Waals surface area contributed by atoms with E-state index in [4.69, 9.17) is 10.5 Å². The maximum Gasteiger partial charge on any atom is 0.233 e. The van der Waals surface area contributed by atoms with Gasteiger partial charge in [0.15, 0.2) is 5.65 Å². The molecule has 2 N–H and O–H groups in total. The van der Waals surface area contributed by atoms with Crippen molar-refractivity contribution >= 4 is 16.7 Å². The Morgan fingerprint density at radius 2 is 2.11 bits per heavy atom. The summed E-state index contributed by atoms with van der Waals surface area (Å²) in [6.45, 7) is 1.91. The molecule has 0 spiro atoms. The second kappa shape index (κ2) is 4.24. The molecule has 0 aliphatic heterocycles. The van der Waals surface area contributed by atoms with Gasteiger partial charge in [-0.15, -0.1) is 0 Å². The van der Waals surface area contributed by atoms with E-state index < -0.39 is 0 Å². The maximum absolute atomic E-state index is 5.86. The van der Waals surface area contributed by atoms with Gasteiger partial charge in [-0.05, 0) is 19.1 Å². The summed E-state index contributed by atoms with van der Waals surface area (Å²) in [5.41, 5.74) is 8.17. The van der Waals surface area contributed by atoms with E-state index in [1.165, 1.54) is 6.33 Å². The second-order valence-corrected chi connectivity index (χ2v) is 4.26. The van der Waals surface area contributed by atoms with E-state index in [0.717, 1.165) is 16.6 Å². The van der Waals surface area contributed by atoms with Crippen LogP contribution >= 0.6 is 0 Å². The molecular formula is C13H13N5O. The quantitative estimate of drug-likeness (QED) is 0.709. The molecule has 0 aliphatic rings. The summed E-state index contributed by atoms with van der Waals surface area (Å²) in [5, 5.41) is 4.92. The van der Waals surface area contributed by atoms with Crippen LogP contribution in [0.25, 0.3) is 11.0 Å². The summed E-state index contributed by atoms with van der Waals surface area (Å²) >= 11 is 0. The average Bonchev–Trinajstić information content (AvgIpc) is 2.78. The van der Waals surface area contributed by atoms with Gasteiger partial charge in [0.2, 0.25) is 5.88 Å². The normalized spacial score (nSPS) is 10.8. The Morgan fingerprint density at radius 3 is 2.95 bits per heavy atom. The number of hydrogen-bond donors (Lipinski definition) is 1. The number of ether oxygens (including phenoxy) is 1. The number of aromatic nitrogens is 4. The molecule has 6 nitrogen and oxygen atoms in total. The number of rotatable bonds is 2. The number of nitrogens with zero attached hydrogens (tertiary/aromatic N) is 4. The Labute approximate surface area is 109 Å². The van der Waals surface area contributed by atoms with Crippen molar-refractivity contribution in [2.45, 2.75) is 6.92 Å². The number of anilines is 1. The van der Waals surface area contributed by atoms with Crippen molar-refractivity contribution < 1.29 is 4.74 Å². The summed E-state index contributed by atoms with van der Waals surface area (Å²) in [6.07, 6.45) is 3.15. The average molecular weight is 255 g/mol. The molecule has 0 saturated heterocycles. The van der Waals surface area contributed by atoms with E-state index >= 15 is 0 Å². The molecule has 19 heavy (non-hydrogen) atoms. The summed E-state index contributed by atoms with van der Waals surface area (Å²) in [5.74, 6) is 1.16. The van der Waals surface area contributed by atoms with Crippen molar-refractivity contribution in [3.8, 4) is 11.6 Å². The highest BCUT2D eigenvalue weighted by Gasteiger charge is 2.11. The zero-order valence-corrected chi connectivity index (χ0v) is 10.7. The SMILES string of the molecule is Cc1c(N)cccc1Oc1ncnc2c1cnn2C. The minimum atomic E-state index is 0.479. The molecule has 0 amide bonds. The van der Waals surface area contributed by atoms with Crippen LogP contribution in [-0.2, 0) is 7.05 Å². The fourth-order valence-corrected chi connectivity index (χ4v) is 1.87. The van der Waals surface area contributed by atoms with Gasteiger partial charge >= 0.3 is 0 Å². The summed E-state index contributed by atoms with van der Waals surface area (Å²) in [6, 6.07) is 5.54. The van der Waals surface area contributed by atoms with Crippen LogP contribution in [0.5, 0.6) is 11.6 Å². The number of hydrogen-bond acceptors (Lipinski definition) is 5. The predicted molar refractivity (Wildman–Crippen MR) is 72.0 cm³/mol. The lowest BCUT2D eigenvalue weighted by Crippen LogP contribution is -1.96. The summed E-state index contributed by atoms with van der Waals surface area (Å²) < 4.78 is 7.51. The van der Waals surface area contributed by atoms with E-state index in [0.29, 0.717) is 17.3 Å². The molecule has 0 saturated carbocycles. The third kappa shape index (κ3) is 1.87.